The van der Waals surface area contributed by atoms with Crippen LogP contribution in [0, 0.1) is 0 Å². The van der Waals surface area contributed by atoms with Crippen LogP contribution in [0.4, 0.5) is 0 Å². The largest absolute Gasteiger partial charge is 0.369 e. The van der Waals surface area contributed by atoms with Crippen LogP contribution in [-0.4, -0.2) is 29.2 Å². The molecule has 1 atom stereocenters. The third kappa shape index (κ3) is 2.63. The van der Waals surface area contributed by atoms with Gasteiger partial charge in [-0.05, 0) is 28.8 Å². The fraction of sp³-hybridized carbons (Fsp3) is 0.462. The number of ether oxygens (including phenoxy) is 1. The lowest BCUT2D eigenvalue weighted by Gasteiger charge is -2.24. The average Bonchev–Trinajstić information content (AvgIpc) is 3.09. The van der Waals surface area contributed by atoms with Gasteiger partial charge in [-0.15, -0.1) is 0 Å². The second-order valence-corrected chi connectivity index (χ2v) is 5.24. The summed E-state index contributed by atoms with van der Waals surface area (Å²) in [7, 11) is 0. The van der Waals surface area contributed by atoms with Crippen molar-refractivity contribution in [3.63, 3.8) is 0 Å². The molecule has 3 rings (SSSR count). The number of morpholine rings is 1. The molecule has 0 spiro atoms. The number of rotatable bonds is 4. The third-order valence-corrected chi connectivity index (χ3v) is 3.96. The molecule has 0 aliphatic carbocycles. The Hall–Kier alpha value is -1.17. The molecule has 1 N–H and O–H groups in total. The number of hydrogen-bond acceptors (Lipinski definition) is 4. The molecule has 2 aromatic rings. The van der Waals surface area contributed by atoms with E-state index in [4.69, 9.17) is 4.74 Å². The molecule has 18 heavy (non-hydrogen) atoms. The number of imidazole rings is 1. The predicted molar refractivity (Wildman–Crippen MR) is 71.8 cm³/mol. The van der Waals surface area contributed by atoms with Crippen LogP contribution < -0.4 is 5.32 Å². The quantitative estimate of drug-likeness (QED) is 0.915. The molecule has 0 aromatic carbocycles. The Morgan fingerprint density at radius 3 is 3.33 bits per heavy atom. The highest BCUT2D eigenvalue weighted by Crippen LogP contribution is 2.19. The standard InChI is InChI=1S/C13H17N3OS/c1(11-2-6-18-9-11)4-16-10-15-7-12(16)13-8-14-3-5-17-13/h2,6-7,9-10,13-14H,1,3-5,8H2. The first kappa shape index (κ1) is 11.9. The first-order chi connectivity index (χ1) is 8.93. The van der Waals surface area contributed by atoms with Crippen molar-refractivity contribution in [1.82, 2.24) is 14.9 Å². The van der Waals surface area contributed by atoms with Gasteiger partial charge >= 0.3 is 0 Å². The molecule has 1 aliphatic heterocycles. The van der Waals surface area contributed by atoms with Crippen molar-refractivity contribution >= 4 is 11.3 Å². The number of aromatic nitrogens is 2. The Bertz CT molecular complexity index is 474. The van der Waals surface area contributed by atoms with Gasteiger partial charge in [0.2, 0.25) is 0 Å². The van der Waals surface area contributed by atoms with E-state index < -0.39 is 0 Å². The molecule has 3 heterocycles. The van der Waals surface area contributed by atoms with Crippen LogP contribution in [0.1, 0.15) is 17.4 Å². The van der Waals surface area contributed by atoms with Gasteiger partial charge in [-0.2, -0.15) is 11.3 Å². The smallest absolute Gasteiger partial charge is 0.111 e. The number of nitrogens with zero attached hydrogens (tertiary/aromatic N) is 2. The van der Waals surface area contributed by atoms with Crippen LogP contribution in [0.3, 0.4) is 0 Å². The van der Waals surface area contributed by atoms with Gasteiger partial charge in [0.25, 0.3) is 0 Å². The lowest BCUT2D eigenvalue weighted by molar-refractivity contribution is 0.0228. The van der Waals surface area contributed by atoms with Gasteiger partial charge < -0.3 is 14.6 Å². The maximum absolute atomic E-state index is 5.78. The van der Waals surface area contributed by atoms with Gasteiger partial charge in [0, 0.05) is 19.6 Å². The average molecular weight is 263 g/mol. The molecule has 1 fully saturated rings. The molecule has 0 amide bonds. The number of aryl methyl sites for hydroxylation is 2. The van der Waals surface area contributed by atoms with E-state index in [1.54, 1.807) is 11.3 Å². The number of nitrogens with one attached hydrogen (secondary N) is 1. The van der Waals surface area contributed by atoms with E-state index >= 15 is 0 Å². The zero-order chi connectivity index (χ0) is 12.2. The van der Waals surface area contributed by atoms with Crippen molar-refractivity contribution in [3.05, 3.63) is 40.6 Å². The minimum absolute atomic E-state index is 0.142. The first-order valence-corrected chi connectivity index (χ1v) is 7.21. The minimum Gasteiger partial charge on any atom is -0.369 e. The molecule has 4 nitrogen and oxygen atoms in total. The summed E-state index contributed by atoms with van der Waals surface area (Å²) in [5.74, 6) is 0. The van der Waals surface area contributed by atoms with Crippen molar-refractivity contribution < 1.29 is 4.74 Å². The zero-order valence-corrected chi connectivity index (χ0v) is 11.0. The first-order valence-electron chi connectivity index (χ1n) is 6.27. The normalized spacial score (nSPS) is 20.1. The van der Waals surface area contributed by atoms with E-state index in [0.717, 1.165) is 32.7 Å². The summed E-state index contributed by atoms with van der Waals surface area (Å²) < 4.78 is 7.98. The summed E-state index contributed by atoms with van der Waals surface area (Å²) >= 11 is 1.75. The van der Waals surface area contributed by atoms with Crippen molar-refractivity contribution in [2.75, 3.05) is 19.7 Å². The zero-order valence-electron chi connectivity index (χ0n) is 10.2. The van der Waals surface area contributed by atoms with Gasteiger partial charge in [-0.25, -0.2) is 4.98 Å². The van der Waals surface area contributed by atoms with Gasteiger partial charge in [0.1, 0.15) is 6.10 Å². The highest BCUT2D eigenvalue weighted by molar-refractivity contribution is 7.07. The van der Waals surface area contributed by atoms with Gasteiger partial charge in [-0.1, -0.05) is 0 Å². The summed E-state index contributed by atoms with van der Waals surface area (Å²) in [6, 6.07) is 2.18. The lowest BCUT2D eigenvalue weighted by Crippen LogP contribution is -2.34. The molecule has 0 saturated carbocycles. The molecular weight excluding hydrogens is 246 g/mol. The predicted octanol–water partition coefficient (Wildman–Crippen LogP) is 1.85. The molecule has 1 aliphatic rings. The maximum atomic E-state index is 5.78. The highest BCUT2D eigenvalue weighted by atomic mass is 32.1. The van der Waals surface area contributed by atoms with Gasteiger partial charge in [-0.3, -0.25) is 0 Å². The van der Waals surface area contributed by atoms with E-state index in [1.807, 2.05) is 12.5 Å². The van der Waals surface area contributed by atoms with E-state index in [-0.39, 0.29) is 6.10 Å². The fourth-order valence-corrected chi connectivity index (χ4v) is 2.93. The second kappa shape index (κ2) is 5.65. The molecular formula is C13H17N3OS. The van der Waals surface area contributed by atoms with Crippen molar-refractivity contribution in [3.8, 4) is 0 Å². The molecule has 5 heteroatoms. The van der Waals surface area contributed by atoms with Crippen LogP contribution in [-0.2, 0) is 17.7 Å². The molecule has 1 unspecified atom stereocenters. The summed E-state index contributed by atoms with van der Waals surface area (Å²) in [5.41, 5.74) is 2.57. The molecule has 2 aromatic heterocycles. The van der Waals surface area contributed by atoms with E-state index in [1.165, 1.54) is 11.3 Å². The third-order valence-electron chi connectivity index (χ3n) is 3.22. The van der Waals surface area contributed by atoms with E-state index in [0.29, 0.717) is 0 Å². The van der Waals surface area contributed by atoms with Crippen LogP contribution in [0.5, 0.6) is 0 Å². The topological polar surface area (TPSA) is 39.1 Å². The molecule has 0 bridgehead atoms. The number of hydrogen-bond donors (Lipinski definition) is 1. The Balaban J connectivity index is 1.67. The van der Waals surface area contributed by atoms with Crippen LogP contribution in [0.25, 0.3) is 0 Å². The minimum atomic E-state index is 0.142. The van der Waals surface area contributed by atoms with Crippen LogP contribution >= 0.6 is 11.3 Å². The summed E-state index contributed by atoms with van der Waals surface area (Å²) in [6.07, 6.45) is 5.02. The van der Waals surface area contributed by atoms with Gasteiger partial charge in [0.15, 0.2) is 0 Å². The maximum Gasteiger partial charge on any atom is 0.111 e. The van der Waals surface area contributed by atoms with E-state index in [9.17, 15) is 0 Å². The monoisotopic (exact) mass is 263 g/mol. The van der Waals surface area contributed by atoms with Crippen molar-refractivity contribution in [2.45, 2.75) is 19.1 Å². The van der Waals surface area contributed by atoms with E-state index in [2.05, 4.69) is 31.7 Å². The second-order valence-electron chi connectivity index (χ2n) is 4.46. The van der Waals surface area contributed by atoms with Crippen LogP contribution in [0.15, 0.2) is 29.4 Å². The number of thiophene rings is 1. The summed E-state index contributed by atoms with van der Waals surface area (Å²) in [5, 5.41) is 7.68. The SMILES string of the molecule is c1cc(CCn2cncc2C2CNCCO2)cs1. The van der Waals surface area contributed by atoms with Crippen molar-refractivity contribution in [1.29, 1.82) is 0 Å². The molecule has 96 valence electrons. The van der Waals surface area contributed by atoms with Crippen LogP contribution in [0.2, 0.25) is 0 Å². The molecule has 1 saturated heterocycles. The van der Waals surface area contributed by atoms with Crippen molar-refractivity contribution in [2.24, 2.45) is 0 Å². The Labute approximate surface area is 111 Å². The summed E-state index contributed by atoms with van der Waals surface area (Å²) in [4.78, 5) is 4.26. The fourth-order valence-electron chi connectivity index (χ4n) is 2.23. The highest BCUT2D eigenvalue weighted by Gasteiger charge is 2.19. The Morgan fingerprint density at radius 2 is 2.56 bits per heavy atom. The molecule has 0 radical (unpaired) electrons. The Kier molecular flexibility index (Phi) is 3.73. The summed E-state index contributed by atoms with van der Waals surface area (Å²) in [6.45, 7) is 3.57. The van der Waals surface area contributed by atoms with Gasteiger partial charge in [0.05, 0.1) is 24.8 Å². The lowest BCUT2D eigenvalue weighted by atomic mass is 10.2. The Morgan fingerprint density at radius 1 is 1.56 bits per heavy atom.